The highest BCUT2D eigenvalue weighted by Crippen LogP contribution is 2.51. The van der Waals surface area contributed by atoms with E-state index in [0.29, 0.717) is 5.92 Å². The van der Waals surface area contributed by atoms with Gasteiger partial charge >= 0.3 is 0 Å². The summed E-state index contributed by atoms with van der Waals surface area (Å²) in [6.45, 7) is 8.48. The molecule has 0 radical (unpaired) electrons. The number of hydrogen-bond acceptors (Lipinski definition) is 2. The molecule has 3 heteroatoms. The zero-order valence-electron chi connectivity index (χ0n) is 17.3. The first-order valence-electron chi connectivity index (χ1n) is 10.7. The molecule has 0 aromatic heterocycles. The molecular formula is C25H32N2O. The van der Waals surface area contributed by atoms with E-state index in [4.69, 9.17) is 0 Å². The maximum atomic E-state index is 12.7. The lowest BCUT2D eigenvalue weighted by Crippen LogP contribution is -2.35. The molecule has 28 heavy (non-hydrogen) atoms. The Hall–Kier alpha value is -2.13. The van der Waals surface area contributed by atoms with Crippen LogP contribution in [0.4, 0.5) is 0 Å². The molecule has 1 aliphatic heterocycles. The van der Waals surface area contributed by atoms with Crippen LogP contribution in [0.15, 0.2) is 54.6 Å². The van der Waals surface area contributed by atoms with Gasteiger partial charge in [-0.15, -0.1) is 0 Å². The van der Waals surface area contributed by atoms with E-state index in [1.54, 1.807) is 0 Å². The molecule has 1 saturated heterocycles. The molecule has 2 fully saturated rings. The van der Waals surface area contributed by atoms with Gasteiger partial charge in [0.05, 0.1) is 0 Å². The number of hydrogen-bond donors (Lipinski definition) is 0. The summed E-state index contributed by atoms with van der Waals surface area (Å²) >= 11 is 0. The quantitative estimate of drug-likeness (QED) is 0.735. The van der Waals surface area contributed by atoms with Gasteiger partial charge in [-0.05, 0) is 53.4 Å². The van der Waals surface area contributed by atoms with Crippen molar-refractivity contribution >= 4 is 5.91 Å². The Bertz CT molecular complexity index is 799. The third-order valence-electron chi connectivity index (χ3n) is 6.79. The van der Waals surface area contributed by atoms with Gasteiger partial charge in [-0.25, -0.2) is 0 Å². The van der Waals surface area contributed by atoms with Crippen molar-refractivity contribution in [1.82, 2.24) is 9.80 Å². The van der Waals surface area contributed by atoms with Gasteiger partial charge in [0.2, 0.25) is 0 Å². The van der Waals surface area contributed by atoms with E-state index in [9.17, 15) is 4.79 Å². The van der Waals surface area contributed by atoms with E-state index in [0.717, 1.165) is 36.4 Å². The minimum atomic E-state index is 0.125. The standard InChI is InChI=1S/C25H32N2O/c1-18(2)19-9-11-21(12-10-19)25(28)26(3)13-14-27-16-22-15-23(24(22)17-27)20-7-5-4-6-8-20/h4-12,18,22-24H,13-17H2,1-3H3. The number of likely N-dealkylation sites (tertiary alicyclic amines) is 1. The summed E-state index contributed by atoms with van der Waals surface area (Å²) in [5.74, 6) is 2.99. The van der Waals surface area contributed by atoms with Crippen molar-refractivity contribution in [2.75, 3.05) is 33.2 Å². The molecule has 1 amide bonds. The molecule has 0 spiro atoms. The Morgan fingerprint density at radius 2 is 1.79 bits per heavy atom. The zero-order chi connectivity index (χ0) is 19.7. The minimum Gasteiger partial charge on any atom is -0.340 e. The van der Waals surface area contributed by atoms with E-state index < -0.39 is 0 Å². The van der Waals surface area contributed by atoms with Crippen molar-refractivity contribution in [3.63, 3.8) is 0 Å². The van der Waals surface area contributed by atoms with Crippen LogP contribution in [-0.2, 0) is 0 Å². The van der Waals surface area contributed by atoms with Gasteiger partial charge in [-0.3, -0.25) is 4.79 Å². The maximum absolute atomic E-state index is 12.7. The van der Waals surface area contributed by atoms with Crippen LogP contribution in [0.2, 0.25) is 0 Å². The lowest BCUT2D eigenvalue weighted by molar-refractivity contribution is 0.0781. The van der Waals surface area contributed by atoms with Crippen LogP contribution >= 0.6 is 0 Å². The highest BCUT2D eigenvalue weighted by atomic mass is 16.2. The molecule has 4 rings (SSSR count). The Kier molecular flexibility index (Phi) is 5.54. The molecule has 2 aromatic rings. The smallest absolute Gasteiger partial charge is 0.253 e. The molecule has 2 aliphatic rings. The molecule has 2 aromatic carbocycles. The first kappa shape index (κ1) is 19.2. The number of carbonyl (C=O) groups excluding carboxylic acids is 1. The predicted molar refractivity (Wildman–Crippen MR) is 115 cm³/mol. The van der Waals surface area contributed by atoms with Gasteiger partial charge in [0.25, 0.3) is 5.91 Å². The van der Waals surface area contributed by atoms with Crippen molar-refractivity contribution < 1.29 is 4.79 Å². The van der Waals surface area contributed by atoms with E-state index in [-0.39, 0.29) is 5.91 Å². The molecule has 0 N–H and O–H groups in total. The topological polar surface area (TPSA) is 23.6 Å². The summed E-state index contributed by atoms with van der Waals surface area (Å²) < 4.78 is 0. The Labute approximate surface area is 169 Å². The van der Waals surface area contributed by atoms with Crippen molar-refractivity contribution in [3.05, 3.63) is 71.3 Å². The summed E-state index contributed by atoms with van der Waals surface area (Å²) in [7, 11) is 1.93. The van der Waals surface area contributed by atoms with Crippen LogP contribution in [0.25, 0.3) is 0 Å². The second-order valence-corrected chi connectivity index (χ2v) is 8.94. The lowest BCUT2D eigenvalue weighted by Gasteiger charge is -2.40. The predicted octanol–water partition coefficient (Wildman–Crippen LogP) is 4.62. The monoisotopic (exact) mass is 376 g/mol. The Balaban J connectivity index is 1.27. The van der Waals surface area contributed by atoms with Gasteiger partial charge in [0.15, 0.2) is 0 Å². The fourth-order valence-electron chi connectivity index (χ4n) is 4.89. The number of carbonyl (C=O) groups is 1. The van der Waals surface area contributed by atoms with Crippen LogP contribution < -0.4 is 0 Å². The molecule has 3 unspecified atom stereocenters. The lowest BCUT2D eigenvalue weighted by atomic mass is 9.64. The molecule has 148 valence electrons. The van der Waals surface area contributed by atoms with E-state index in [2.05, 4.69) is 61.2 Å². The molecule has 0 bridgehead atoms. The molecule has 1 aliphatic carbocycles. The van der Waals surface area contributed by atoms with Gasteiger partial charge in [0, 0.05) is 38.8 Å². The average Bonchev–Trinajstić information content (AvgIpc) is 3.02. The number of nitrogens with zero attached hydrogens (tertiary/aromatic N) is 2. The molecule has 1 heterocycles. The number of fused-ring (bicyclic) bond motifs is 1. The zero-order valence-corrected chi connectivity index (χ0v) is 17.3. The largest absolute Gasteiger partial charge is 0.340 e. The molecule has 3 atom stereocenters. The third-order valence-corrected chi connectivity index (χ3v) is 6.79. The first-order chi connectivity index (χ1) is 13.5. The molecular weight excluding hydrogens is 344 g/mol. The second-order valence-electron chi connectivity index (χ2n) is 8.94. The van der Waals surface area contributed by atoms with E-state index >= 15 is 0 Å². The maximum Gasteiger partial charge on any atom is 0.253 e. The van der Waals surface area contributed by atoms with Gasteiger partial charge < -0.3 is 9.80 Å². The van der Waals surface area contributed by atoms with Crippen molar-refractivity contribution in [2.24, 2.45) is 11.8 Å². The van der Waals surface area contributed by atoms with E-state index in [1.165, 1.54) is 30.6 Å². The Morgan fingerprint density at radius 1 is 1.07 bits per heavy atom. The van der Waals surface area contributed by atoms with Crippen molar-refractivity contribution in [3.8, 4) is 0 Å². The number of rotatable bonds is 6. The number of benzene rings is 2. The first-order valence-corrected chi connectivity index (χ1v) is 10.7. The van der Waals surface area contributed by atoms with Crippen LogP contribution in [0.3, 0.4) is 0 Å². The second kappa shape index (κ2) is 8.08. The van der Waals surface area contributed by atoms with Crippen LogP contribution in [0.5, 0.6) is 0 Å². The van der Waals surface area contributed by atoms with Gasteiger partial charge in [-0.2, -0.15) is 0 Å². The summed E-state index contributed by atoms with van der Waals surface area (Å²) in [5.41, 5.74) is 3.57. The highest BCUT2D eigenvalue weighted by molar-refractivity contribution is 5.94. The average molecular weight is 377 g/mol. The fraction of sp³-hybridized carbons (Fsp3) is 0.480. The van der Waals surface area contributed by atoms with Crippen LogP contribution in [0, 0.1) is 11.8 Å². The summed E-state index contributed by atoms with van der Waals surface area (Å²) in [6.07, 6.45) is 1.32. The minimum absolute atomic E-state index is 0.125. The normalized spacial score (nSPS) is 24.1. The SMILES string of the molecule is CC(C)c1ccc(C(=O)N(C)CCN2CC3CC(c4ccccc4)C3C2)cc1. The van der Waals surface area contributed by atoms with Crippen LogP contribution in [0.1, 0.15) is 53.6 Å². The third kappa shape index (κ3) is 3.86. The summed E-state index contributed by atoms with van der Waals surface area (Å²) in [4.78, 5) is 17.1. The fourth-order valence-corrected chi connectivity index (χ4v) is 4.89. The molecule has 3 nitrogen and oxygen atoms in total. The molecule has 1 saturated carbocycles. The Morgan fingerprint density at radius 3 is 2.46 bits per heavy atom. The summed E-state index contributed by atoms with van der Waals surface area (Å²) in [6, 6.07) is 19.1. The number of amides is 1. The van der Waals surface area contributed by atoms with Gasteiger partial charge in [-0.1, -0.05) is 56.3 Å². The highest BCUT2D eigenvalue weighted by Gasteiger charge is 2.47. The van der Waals surface area contributed by atoms with Crippen molar-refractivity contribution in [1.29, 1.82) is 0 Å². The van der Waals surface area contributed by atoms with Gasteiger partial charge in [0.1, 0.15) is 0 Å². The summed E-state index contributed by atoms with van der Waals surface area (Å²) in [5, 5.41) is 0. The van der Waals surface area contributed by atoms with E-state index in [1.807, 2.05) is 24.1 Å². The number of likely N-dealkylation sites (N-methyl/N-ethyl adjacent to an activating group) is 1. The van der Waals surface area contributed by atoms with Crippen LogP contribution in [-0.4, -0.2) is 48.9 Å². The van der Waals surface area contributed by atoms with Crippen molar-refractivity contribution in [2.45, 2.75) is 32.1 Å².